The third-order valence-electron chi connectivity index (χ3n) is 4.11. The summed E-state index contributed by atoms with van der Waals surface area (Å²) in [5, 5.41) is 0. The first-order valence-electron chi connectivity index (χ1n) is 7.66. The fourth-order valence-electron chi connectivity index (χ4n) is 2.83. The fourth-order valence-corrected chi connectivity index (χ4v) is 2.83. The van der Waals surface area contributed by atoms with Crippen molar-refractivity contribution in [3.05, 3.63) is 77.0 Å². The van der Waals surface area contributed by atoms with Gasteiger partial charge in [0.2, 0.25) is 0 Å². The lowest BCUT2D eigenvalue weighted by Gasteiger charge is -2.11. The van der Waals surface area contributed by atoms with Crippen LogP contribution in [0.25, 0.3) is 22.4 Å². The van der Waals surface area contributed by atoms with E-state index in [0.29, 0.717) is 0 Å². The van der Waals surface area contributed by atoms with Gasteiger partial charge in [-0.15, -0.1) is 0 Å². The molecule has 0 aliphatic carbocycles. The van der Waals surface area contributed by atoms with E-state index in [4.69, 9.17) is 4.98 Å². The topological polar surface area (TPSA) is 12.9 Å². The van der Waals surface area contributed by atoms with Gasteiger partial charge in [0.05, 0.1) is 5.69 Å². The molecule has 2 aromatic carbocycles. The second-order valence-electron chi connectivity index (χ2n) is 6.07. The highest BCUT2D eigenvalue weighted by molar-refractivity contribution is 5.72. The minimum Gasteiger partial charge on any atom is -0.256 e. The van der Waals surface area contributed by atoms with Gasteiger partial charge in [-0.1, -0.05) is 47.5 Å². The molecular formula is C21H21N. The van der Waals surface area contributed by atoms with Crippen LogP contribution in [-0.2, 0) is 0 Å². The van der Waals surface area contributed by atoms with E-state index in [0.717, 1.165) is 5.69 Å². The lowest BCUT2D eigenvalue weighted by atomic mass is 9.97. The van der Waals surface area contributed by atoms with E-state index in [1.165, 1.54) is 38.9 Å². The standard InChI is InChI=1S/C21H21N/c1-14-6-5-7-18(10-14)20-13-22-21(12-17(20)4)19-11-15(2)8-9-16(19)3/h5-13H,1-4H3. The number of aryl methyl sites for hydroxylation is 4. The van der Waals surface area contributed by atoms with Crippen LogP contribution in [0.1, 0.15) is 22.3 Å². The van der Waals surface area contributed by atoms with Gasteiger partial charge in [-0.25, -0.2) is 0 Å². The molecule has 0 saturated heterocycles. The summed E-state index contributed by atoms with van der Waals surface area (Å²) < 4.78 is 0. The molecule has 0 fully saturated rings. The molecule has 0 bridgehead atoms. The maximum absolute atomic E-state index is 4.72. The molecule has 0 atom stereocenters. The number of pyridine rings is 1. The van der Waals surface area contributed by atoms with Gasteiger partial charge < -0.3 is 0 Å². The second-order valence-corrected chi connectivity index (χ2v) is 6.07. The van der Waals surface area contributed by atoms with Crippen LogP contribution in [0.5, 0.6) is 0 Å². The van der Waals surface area contributed by atoms with E-state index in [-0.39, 0.29) is 0 Å². The van der Waals surface area contributed by atoms with E-state index in [1.54, 1.807) is 0 Å². The summed E-state index contributed by atoms with van der Waals surface area (Å²) in [5.74, 6) is 0. The van der Waals surface area contributed by atoms with Crippen molar-refractivity contribution in [1.29, 1.82) is 0 Å². The second kappa shape index (κ2) is 5.76. The molecule has 22 heavy (non-hydrogen) atoms. The molecular weight excluding hydrogens is 266 g/mol. The molecule has 1 nitrogen and oxygen atoms in total. The zero-order valence-corrected chi connectivity index (χ0v) is 13.6. The Labute approximate surface area is 132 Å². The van der Waals surface area contributed by atoms with Crippen LogP contribution in [0, 0.1) is 27.7 Å². The minimum atomic E-state index is 1.05. The Morgan fingerprint density at radius 1 is 0.682 bits per heavy atom. The number of nitrogens with zero attached hydrogens (tertiary/aromatic N) is 1. The van der Waals surface area contributed by atoms with E-state index in [2.05, 4.69) is 76.2 Å². The average Bonchev–Trinajstić information content (AvgIpc) is 2.49. The molecule has 0 aliphatic rings. The maximum Gasteiger partial charge on any atom is 0.0707 e. The van der Waals surface area contributed by atoms with Crippen LogP contribution in [0.4, 0.5) is 0 Å². The first-order chi connectivity index (χ1) is 10.5. The van der Waals surface area contributed by atoms with Gasteiger partial charge in [0.15, 0.2) is 0 Å². The van der Waals surface area contributed by atoms with E-state index in [1.807, 2.05) is 6.20 Å². The highest BCUT2D eigenvalue weighted by atomic mass is 14.7. The monoisotopic (exact) mass is 287 g/mol. The van der Waals surface area contributed by atoms with Crippen LogP contribution in [0.15, 0.2) is 54.7 Å². The molecule has 3 rings (SSSR count). The van der Waals surface area contributed by atoms with Gasteiger partial charge in [-0.2, -0.15) is 0 Å². The van der Waals surface area contributed by atoms with Crippen LogP contribution < -0.4 is 0 Å². The van der Waals surface area contributed by atoms with Gasteiger partial charge in [-0.05, 0) is 56.5 Å². The average molecular weight is 287 g/mol. The fraction of sp³-hybridized carbons (Fsp3) is 0.190. The zero-order chi connectivity index (χ0) is 15.7. The molecule has 0 spiro atoms. The lowest BCUT2D eigenvalue weighted by Crippen LogP contribution is -1.92. The molecule has 0 unspecified atom stereocenters. The normalized spacial score (nSPS) is 10.7. The summed E-state index contributed by atoms with van der Waals surface area (Å²) in [7, 11) is 0. The molecule has 0 N–H and O–H groups in total. The zero-order valence-electron chi connectivity index (χ0n) is 13.6. The predicted molar refractivity (Wildman–Crippen MR) is 94.1 cm³/mol. The van der Waals surface area contributed by atoms with Crippen molar-refractivity contribution in [3.8, 4) is 22.4 Å². The summed E-state index contributed by atoms with van der Waals surface area (Å²) >= 11 is 0. The van der Waals surface area contributed by atoms with Gasteiger partial charge in [0.25, 0.3) is 0 Å². The molecule has 0 aliphatic heterocycles. The molecule has 0 radical (unpaired) electrons. The minimum absolute atomic E-state index is 1.05. The predicted octanol–water partition coefficient (Wildman–Crippen LogP) is 5.65. The molecule has 1 aromatic heterocycles. The number of hydrogen-bond acceptors (Lipinski definition) is 1. The molecule has 3 aromatic rings. The highest BCUT2D eigenvalue weighted by Crippen LogP contribution is 2.29. The van der Waals surface area contributed by atoms with Gasteiger partial charge in [0.1, 0.15) is 0 Å². The number of hydrogen-bond donors (Lipinski definition) is 0. The summed E-state index contributed by atoms with van der Waals surface area (Å²) in [6, 6.07) is 17.3. The van der Waals surface area contributed by atoms with E-state index >= 15 is 0 Å². The maximum atomic E-state index is 4.72. The van der Waals surface area contributed by atoms with Crippen LogP contribution in [0.2, 0.25) is 0 Å². The first-order valence-corrected chi connectivity index (χ1v) is 7.66. The third-order valence-corrected chi connectivity index (χ3v) is 4.11. The van der Waals surface area contributed by atoms with Crippen LogP contribution >= 0.6 is 0 Å². The first kappa shape index (κ1) is 14.5. The van der Waals surface area contributed by atoms with Crippen molar-refractivity contribution < 1.29 is 0 Å². The smallest absolute Gasteiger partial charge is 0.0707 e. The Morgan fingerprint density at radius 2 is 1.45 bits per heavy atom. The molecule has 1 heteroatoms. The molecule has 0 saturated carbocycles. The van der Waals surface area contributed by atoms with Gasteiger partial charge in [0, 0.05) is 17.3 Å². The molecule has 0 amide bonds. The number of aromatic nitrogens is 1. The third kappa shape index (κ3) is 2.80. The van der Waals surface area contributed by atoms with Crippen molar-refractivity contribution in [2.75, 3.05) is 0 Å². The van der Waals surface area contributed by atoms with E-state index in [9.17, 15) is 0 Å². The summed E-state index contributed by atoms with van der Waals surface area (Å²) in [5.41, 5.74) is 9.78. The SMILES string of the molecule is Cc1cccc(-c2cnc(-c3cc(C)ccc3C)cc2C)c1. The van der Waals surface area contributed by atoms with Crippen molar-refractivity contribution >= 4 is 0 Å². The molecule has 1 heterocycles. The van der Waals surface area contributed by atoms with Gasteiger partial charge in [-0.3, -0.25) is 4.98 Å². The Bertz CT molecular complexity index is 831. The van der Waals surface area contributed by atoms with Crippen LogP contribution in [0.3, 0.4) is 0 Å². The van der Waals surface area contributed by atoms with E-state index < -0.39 is 0 Å². The van der Waals surface area contributed by atoms with Crippen molar-refractivity contribution in [3.63, 3.8) is 0 Å². The lowest BCUT2D eigenvalue weighted by molar-refractivity contribution is 1.26. The van der Waals surface area contributed by atoms with Crippen molar-refractivity contribution in [1.82, 2.24) is 4.98 Å². The van der Waals surface area contributed by atoms with Gasteiger partial charge >= 0.3 is 0 Å². The van der Waals surface area contributed by atoms with Crippen LogP contribution in [-0.4, -0.2) is 4.98 Å². The highest BCUT2D eigenvalue weighted by Gasteiger charge is 2.08. The van der Waals surface area contributed by atoms with Crippen molar-refractivity contribution in [2.24, 2.45) is 0 Å². The summed E-state index contributed by atoms with van der Waals surface area (Å²) in [6.45, 7) is 8.54. The number of rotatable bonds is 2. The Hall–Kier alpha value is -2.41. The van der Waals surface area contributed by atoms with Crippen molar-refractivity contribution in [2.45, 2.75) is 27.7 Å². The molecule has 110 valence electrons. The largest absolute Gasteiger partial charge is 0.256 e. The number of benzene rings is 2. The Kier molecular flexibility index (Phi) is 3.81. The Balaban J connectivity index is 2.08. The Morgan fingerprint density at radius 3 is 2.18 bits per heavy atom. The summed E-state index contributed by atoms with van der Waals surface area (Å²) in [6.07, 6.45) is 2.00. The quantitative estimate of drug-likeness (QED) is 0.593. The summed E-state index contributed by atoms with van der Waals surface area (Å²) in [4.78, 5) is 4.72.